The third-order valence-electron chi connectivity index (χ3n) is 5.15. The molecule has 1 aliphatic heterocycles. The van der Waals surface area contributed by atoms with E-state index in [1.807, 2.05) is 35.2 Å². The van der Waals surface area contributed by atoms with Crippen molar-refractivity contribution in [3.8, 4) is 10.6 Å². The predicted octanol–water partition coefficient (Wildman–Crippen LogP) is 4.36. The number of aromatic nitrogens is 1. The highest BCUT2D eigenvalue weighted by atomic mass is 32.1. The van der Waals surface area contributed by atoms with E-state index in [2.05, 4.69) is 17.2 Å². The monoisotopic (exact) mass is 399 g/mol. The number of hydrogen-bond acceptors (Lipinski definition) is 4. The van der Waals surface area contributed by atoms with E-state index in [1.54, 1.807) is 6.20 Å². The number of amides is 2. The Bertz CT molecular complexity index is 775. The van der Waals surface area contributed by atoms with Crippen LogP contribution in [0.15, 0.2) is 36.5 Å². The maximum atomic E-state index is 12.9. The lowest BCUT2D eigenvalue weighted by Crippen LogP contribution is -2.45. The lowest BCUT2D eigenvalue weighted by Gasteiger charge is -2.31. The van der Waals surface area contributed by atoms with Gasteiger partial charge in [0, 0.05) is 25.2 Å². The van der Waals surface area contributed by atoms with Gasteiger partial charge in [0.1, 0.15) is 9.88 Å². The SMILES string of the molecule is CCCCCCNC(=O)C1CCCN(C(=O)c2cnc(-c3ccccc3)s2)C1. The number of benzene rings is 1. The van der Waals surface area contributed by atoms with Crippen LogP contribution in [0.3, 0.4) is 0 Å². The molecule has 0 spiro atoms. The van der Waals surface area contributed by atoms with Crippen molar-refractivity contribution in [2.24, 2.45) is 5.92 Å². The number of carbonyl (C=O) groups is 2. The second-order valence-electron chi connectivity index (χ2n) is 7.34. The fourth-order valence-corrected chi connectivity index (χ4v) is 4.42. The van der Waals surface area contributed by atoms with Gasteiger partial charge >= 0.3 is 0 Å². The van der Waals surface area contributed by atoms with Gasteiger partial charge in [0.25, 0.3) is 5.91 Å². The van der Waals surface area contributed by atoms with Crippen LogP contribution in [0.4, 0.5) is 0 Å². The molecule has 1 aromatic heterocycles. The van der Waals surface area contributed by atoms with Gasteiger partial charge in [0.15, 0.2) is 0 Å². The maximum absolute atomic E-state index is 12.9. The highest BCUT2D eigenvalue weighted by molar-refractivity contribution is 7.16. The Morgan fingerprint density at radius 1 is 1.21 bits per heavy atom. The molecule has 0 bridgehead atoms. The molecular formula is C22H29N3O2S. The quantitative estimate of drug-likeness (QED) is 0.671. The molecule has 1 atom stereocenters. The summed E-state index contributed by atoms with van der Waals surface area (Å²) in [7, 11) is 0. The maximum Gasteiger partial charge on any atom is 0.265 e. The minimum atomic E-state index is -0.106. The van der Waals surface area contributed by atoms with Gasteiger partial charge in [-0.2, -0.15) is 0 Å². The molecule has 1 fully saturated rings. The Morgan fingerprint density at radius 3 is 2.82 bits per heavy atom. The summed E-state index contributed by atoms with van der Waals surface area (Å²) < 4.78 is 0. The van der Waals surface area contributed by atoms with Crippen molar-refractivity contribution in [3.63, 3.8) is 0 Å². The molecule has 0 aliphatic carbocycles. The summed E-state index contributed by atoms with van der Waals surface area (Å²) in [6, 6.07) is 9.89. The van der Waals surface area contributed by atoms with Crippen LogP contribution in [0.2, 0.25) is 0 Å². The van der Waals surface area contributed by atoms with E-state index < -0.39 is 0 Å². The minimum Gasteiger partial charge on any atom is -0.356 e. The molecule has 1 saturated heterocycles. The van der Waals surface area contributed by atoms with Gasteiger partial charge in [-0.05, 0) is 19.3 Å². The minimum absolute atomic E-state index is 0.0138. The van der Waals surface area contributed by atoms with E-state index >= 15 is 0 Å². The van der Waals surface area contributed by atoms with Crippen LogP contribution in [0.5, 0.6) is 0 Å². The molecule has 1 aliphatic rings. The molecule has 3 rings (SSSR count). The average molecular weight is 400 g/mol. The van der Waals surface area contributed by atoms with Gasteiger partial charge in [-0.15, -0.1) is 11.3 Å². The normalized spacial score (nSPS) is 16.8. The van der Waals surface area contributed by atoms with Gasteiger partial charge in [-0.3, -0.25) is 9.59 Å². The fraction of sp³-hybridized carbons (Fsp3) is 0.500. The topological polar surface area (TPSA) is 62.3 Å². The first-order chi connectivity index (χ1) is 13.7. The number of thiazole rings is 1. The smallest absolute Gasteiger partial charge is 0.265 e. The first-order valence-electron chi connectivity index (χ1n) is 10.3. The summed E-state index contributed by atoms with van der Waals surface area (Å²) in [4.78, 5) is 32.2. The largest absolute Gasteiger partial charge is 0.356 e. The number of nitrogens with one attached hydrogen (secondary N) is 1. The number of unbranched alkanes of at least 4 members (excludes halogenated alkanes) is 3. The first-order valence-corrected chi connectivity index (χ1v) is 11.1. The Balaban J connectivity index is 1.54. The van der Waals surface area contributed by atoms with Crippen molar-refractivity contribution in [2.45, 2.75) is 45.4 Å². The van der Waals surface area contributed by atoms with Crippen molar-refractivity contribution < 1.29 is 9.59 Å². The second-order valence-corrected chi connectivity index (χ2v) is 8.37. The van der Waals surface area contributed by atoms with E-state index in [4.69, 9.17) is 0 Å². The zero-order valence-corrected chi connectivity index (χ0v) is 17.3. The van der Waals surface area contributed by atoms with E-state index in [9.17, 15) is 9.59 Å². The first kappa shape index (κ1) is 20.5. The van der Waals surface area contributed by atoms with Crippen LogP contribution < -0.4 is 5.32 Å². The van der Waals surface area contributed by atoms with Crippen LogP contribution in [-0.2, 0) is 4.79 Å². The molecular weight excluding hydrogens is 370 g/mol. The van der Waals surface area contributed by atoms with Crippen molar-refractivity contribution in [3.05, 3.63) is 41.4 Å². The summed E-state index contributed by atoms with van der Waals surface area (Å²) in [5, 5.41) is 3.90. The molecule has 1 aromatic carbocycles. The highest BCUT2D eigenvalue weighted by Gasteiger charge is 2.29. The lowest BCUT2D eigenvalue weighted by atomic mass is 9.97. The number of hydrogen-bond donors (Lipinski definition) is 1. The van der Waals surface area contributed by atoms with E-state index in [1.165, 1.54) is 24.2 Å². The van der Waals surface area contributed by atoms with Crippen molar-refractivity contribution in [1.82, 2.24) is 15.2 Å². The summed E-state index contributed by atoms with van der Waals surface area (Å²) >= 11 is 1.42. The average Bonchev–Trinajstić information content (AvgIpc) is 3.24. The van der Waals surface area contributed by atoms with Crippen molar-refractivity contribution in [1.29, 1.82) is 0 Å². The Morgan fingerprint density at radius 2 is 2.04 bits per heavy atom. The highest BCUT2D eigenvalue weighted by Crippen LogP contribution is 2.27. The van der Waals surface area contributed by atoms with E-state index in [-0.39, 0.29) is 17.7 Å². The Labute approximate surface area is 171 Å². The molecule has 2 aromatic rings. The van der Waals surface area contributed by atoms with Crippen LogP contribution in [0.25, 0.3) is 10.6 Å². The predicted molar refractivity (Wildman–Crippen MR) is 113 cm³/mol. The van der Waals surface area contributed by atoms with Crippen molar-refractivity contribution >= 4 is 23.2 Å². The van der Waals surface area contributed by atoms with E-state index in [0.29, 0.717) is 18.0 Å². The number of carbonyl (C=O) groups excluding carboxylic acids is 2. The van der Waals surface area contributed by atoms with E-state index in [0.717, 1.165) is 42.8 Å². The number of likely N-dealkylation sites (tertiary alicyclic amines) is 1. The molecule has 2 heterocycles. The Kier molecular flexibility index (Phi) is 7.60. The van der Waals surface area contributed by atoms with Crippen molar-refractivity contribution in [2.75, 3.05) is 19.6 Å². The summed E-state index contributed by atoms with van der Waals surface area (Å²) in [6.45, 7) is 4.12. The zero-order chi connectivity index (χ0) is 19.8. The van der Waals surface area contributed by atoms with Crippen LogP contribution >= 0.6 is 11.3 Å². The molecule has 0 radical (unpaired) electrons. The van der Waals surface area contributed by atoms with Crippen LogP contribution in [0, 0.1) is 5.92 Å². The molecule has 1 N–H and O–H groups in total. The molecule has 1 unspecified atom stereocenters. The van der Waals surface area contributed by atoms with Gasteiger partial charge in [0.2, 0.25) is 5.91 Å². The second kappa shape index (κ2) is 10.4. The standard InChI is InChI=1S/C22H29N3O2S/c1-2-3-4-8-13-23-20(26)18-12-9-14-25(16-18)22(27)19-15-24-21(28-19)17-10-6-5-7-11-17/h5-7,10-11,15,18H,2-4,8-9,12-14,16H2,1H3,(H,23,26). The third-order valence-corrected chi connectivity index (χ3v) is 6.18. The molecule has 28 heavy (non-hydrogen) atoms. The molecule has 150 valence electrons. The third kappa shape index (κ3) is 5.41. The zero-order valence-electron chi connectivity index (χ0n) is 16.5. The molecule has 5 nitrogen and oxygen atoms in total. The van der Waals surface area contributed by atoms with Gasteiger partial charge in [-0.1, -0.05) is 56.5 Å². The summed E-state index contributed by atoms with van der Waals surface area (Å²) in [5.74, 6) is -0.0335. The fourth-order valence-electron chi connectivity index (χ4n) is 3.53. The van der Waals surface area contributed by atoms with Crippen LogP contribution in [-0.4, -0.2) is 41.3 Å². The molecule has 6 heteroatoms. The number of piperidine rings is 1. The van der Waals surface area contributed by atoms with Gasteiger partial charge < -0.3 is 10.2 Å². The van der Waals surface area contributed by atoms with Crippen LogP contribution in [0.1, 0.15) is 55.1 Å². The summed E-state index contributed by atoms with van der Waals surface area (Å²) in [6.07, 6.45) is 7.96. The number of rotatable bonds is 8. The summed E-state index contributed by atoms with van der Waals surface area (Å²) in [5.41, 5.74) is 1.02. The molecule has 2 amide bonds. The lowest BCUT2D eigenvalue weighted by molar-refractivity contribution is -0.126. The Hall–Kier alpha value is -2.21. The molecule has 0 saturated carbocycles. The van der Waals surface area contributed by atoms with Gasteiger partial charge in [-0.25, -0.2) is 4.98 Å². The number of nitrogens with zero attached hydrogens (tertiary/aromatic N) is 2. The van der Waals surface area contributed by atoms with Gasteiger partial charge in [0.05, 0.1) is 12.1 Å².